The summed E-state index contributed by atoms with van der Waals surface area (Å²) in [5, 5.41) is 13.4. The normalized spacial score (nSPS) is 24.8. The minimum Gasteiger partial charge on any atom is -0.502 e. The molecule has 1 saturated carbocycles. The van der Waals surface area contributed by atoms with Crippen LogP contribution in [-0.4, -0.2) is 56.2 Å². The lowest BCUT2D eigenvalue weighted by Gasteiger charge is -2.54. The van der Waals surface area contributed by atoms with Crippen molar-refractivity contribution in [2.45, 2.75) is 49.9 Å². The van der Waals surface area contributed by atoms with Crippen LogP contribution in [0.3, 0.4) is 0 Å². The molecule has 6 rings (SSSR count). The van der Waals surface area contributed by atoms with Gasteiger partial charge in [0.15, 0.2) is 23.0 Å². The summed E-state index contributed by atoms with van der Waals surface area (Å²) in [5.74, 6) is -3.21. The number of amides is 1. The summed E-state index contributed by atoms with van der Waals surface area (Å²) >= 11 is 1.56. The van der Waals surface area contributed by atoms with Crippen LogP contribution in [0.15, 0.2) is 46.3 Å². The summed E-state index contributed by atoms with van der Waals surface area (Å²) in [6.07, 6.45) is 7.34. The number of hydrogen-bond donors (Lipinski definition) is 1. The van der Waals surface area contributed by atoms with Gasteiger partial charge in [-0.3, -0.25) is 24.3 Å². The number of halogens is 2. The number of carbonyl (C=O) groups is 1. The third-order valence-corrected chi connectivity index (χ3v) is 9.39. The van der Waals surface area contributed by atoms with E-state index >= 15 is 4.39 Å². The highest BCUT2D eigenvalue weighted by Gasteiger charge is 2.50. The van der Waals surface area contributed by atoms with Gasteiger partial charge in [0.1, 0.15) is 13.3 Å². The van der Waals surface area contributed by atoms with Crippen molar-refractivity contribution in [1.29, 1.82) is 0 Å². The molecule has 1 aliphatic carbocycles. The Bertz CT molecular complexity index is 1430. The number of rotatable bonds is 2. The fourth-order valence-corrected chi connectivity index (χ4v) is 7.03. The minimum atomic E-state index is -1.08. The van der Waals surface area contributed by atoms with Crippen LogP contribution in [0, 0.1) is 17.6 Å². The second-order valence-electron chi connectivity index (χ2n) is 10.4. The van der Waals surface area contributed by atoms with Crippen LogP contribution in [0.4, 0.5) is 8.78 Å². The molecule has 38 heavy (non-hydrogen) atoms. The monoisotopic (exact) mass is 542 g/mol. The first-order valence-corrected chi connectivity index (χ1v) is 13.6. The molecule has 2 unspecified atom stereocenters. The van der Waals surface area contributed by atoms with Gasteiger partial charge in [-0.2, -0.15) is 4.39 Å². The summed E-state index contributed by atoms with van der Waals surface area (Å²) in [4.78, 5) is 32.7. The van der Waals surface area contributed by atoms with Gasteiger partial charge in [-0.05, 0) is 31.4 Å². The van der Waals surface area contributed by atoms with E-state index in [0.717, 1.165) is 17.5 Å². The quantitative estimate of drug-likeness (QED) is 0.578. The molecular weight excluding hydrogens is 514 g/mol. The molecule has 1 aromatic heterocycles. The minimum absolute atomic E-state index is 0.00846. The van der Waals surface area contributed by atoms with Gasteiger partial charge in [0, 0.05) is 23.7 Å². The summed E-state index contributed by atoms with van der Waals surface area (Å²) in [5.41, 5.74) is -1.05. The SMILES string of the molecule is CC(C)C1=NCC(C2c3ccc(F)c(F)c3OC/C=C/C3(CCC3)N3CN2n2ccc(=O)c(O)c2C3=O)S1. The van der Waals surface area contributed by atoms with Crippen molar-refractivity contribution >= 4 is 22.7 Å². The van der Waals surface area contributed by atoms with Crippen LogP contribution in [0.25, 0.3) is 0 Å². The highest BCUT2D eigenvalue weighted by atomic mass is 32.2. The molecule has 8 nitrogen and oxygen atoms in total. The second kappa shape index (κ2) is 9.14. The zero-order valence-corrected chi connectivity index (χ0v) is 21.9. The highest BCUT2D eigenvalue weighted by Crippen LogP contribution is 2.46. The van der Waals surface area contributed by atoms with Gasteiger partial charge in [0.05, 0.1) is 28.4 Å². The molecule has 200 valence electrons. The molecule has 2 bridgehead atoms. The first-order valence-electron chi connectivity index (χ1n) is 12.7. The van der Waals surface area contributed by atoms with Crippen molar-refractivity contribution in [1.82, 2.24) is 9.58 Å². The van der Waals surface area contributed by atoms with Crippen LogP contribution in [0.5, 0.6) is 11.5 Å². The average Bonchev–Trinajstić information content (AvgIpc) is 3.34. The number of pyridine rings is 1. The number of nitrogens with zero attached hydrogens (tertiary/aromatic N) is 4. The van der Waals surface area contributed by atoms with Gasteiger partial charge in [-0.1, -0.05) is 26.0 Å². The number of hydrogen-bond acceptors (Lipinski definition) is 7. The van der Waals surface area contributed by atoms with Gasteiger partial charge in [-0.15, -0.1) is 11.8 Å². The molecule has 3 aliphatic heterocycles. The van der Waals surface area contributed by atoms with Crippen LogP contribution in [0.1, 0.15) is 55.2 Å². The van der Waals surface area contributed by atoms with Crippen LogP contribution in [-0.2, 0) is 0 Å². The average molecular weight is 543 g/mol. The molecule has 0 radical (unpaired) electrons. The van der Waals surface area contributed by atoms with Gasteiger partial charge in [0.2, 0.25) is 11.2 Å². The number of aliphatic imine (C=N–C) groups is 1. The maximum absolute atomic E-state index is 15.3. The Morgan fingerprint density at radius 1 is 1.21 bits per heavy atom. The van der Waals surface area contributed by atoms with E-state index in [1.807, 2.05) is 24.9 Å². The van der Waals surface area contributed by atoms with E-state index in [0.29, 0.717) is 24.9 Å². The largest absolute Gasteiger partial charge is 0.502 e. The maximum atomic E-state index is 15.3. The zero-order chi connectivity index (χ0) is 26.8. The van der Waals surface area contributed by atoms with Crippen LogP contribution < -0.4 is 15.2 Å². The molecule has 1 fully saturated rings. The van der Waals surface area contributed by atoms with Crippen molar-refractivity contribution in [2.24, 2.45) is 10.9 Å². The van der Waals surface area contributed by atoms with E-state index < -0.39 is 40.3 Å². The van der Waals surface area contributed by atoms with Crippen molar-refractivity contribution in [3.63, 3.8) is 0 Å². The molecule has 2 aromatic rings. The fraction of sp³-hybridized carbons (Fsp3) is 0.444. The van der Waals surface area contributed by atoms with E-state index in [9.17, 15) is 19.1 Å². The Labute approximate surface area is 222 Å². The van der Waals surface area contributed by atoms with Crippen LogP contribution in [0.2, 0.25) is 0 Å². The predicted molar refractivity (Wildman–Crippen MR) is 140 cm³/mol. The highest BCUT2D eigenvalue weighted by molar-refractivity contribution is 8.14. The predicted octanol–water partition coefficient (Wildman–Crippen LogP) is 3.97. The molecular formula is C27H28F2N4O4S. The molecule has 1 N–H and O–H groups in total. The molecule has 1 aromatic carbocycles. The summed E-state index contributed by atoms with van der Waals surface area (Å²) in [6.45, 7) is 4.60. The number of ether oxygens (including phenoxy) is 1. The zero-order valence-electron chi connectivity index (χ0n) is 21.1. The van der Waals surface area contributed by atoms with Crippen LogP contribution >= 0.6 is 11.8 Å². The number of carbonyl (C=O) groups excluding carboxylic acids is 1. The Morgan fingerprint density at radius 2 is 2.00 bits per heavy atom. The topological polar surface area (TPSA) is 87.4 Å². The third kappa shape index (κ3) is 3.73. The summed E-state index contributed by atoms with van der Waals surface area (Å²) < 4.78 is 37.1. The van der Waals surface area contributed by atoms with Gasteiger partial charge >= 0.3 is 0 Å². The van der Waals surface area contributed by atoms with E-state index in [1.165, 1.54) is 23.0 Å². The number of benzene rings is 1. The number of aromatic hydroxyl groups is 1. The fourth-order valence-electron chi connectivity index (χ4n) is 5.74. The van der Waals surface area contributed by atoms with Gasteiger partial charge < -0.3 is 14.7 Å². The molecule has 1 spiro atoms. The third-order valence-electron chi connectivity index (χ3n) is 7.84. The van der Waals surface area contributed by atoms with E-state index in [-0.39, 0.29) is 35.9 Å². The Hall–Kier alpha value is -3.34. The van der Waals surface area contributed by atoms with Gasteiger partial charge in [0.25, 0.3) is 5.91 Å². The molecule has 4 heterocycles. The number of fused-ring (bicyclic) bond motifs is 6. The lowest BCUT2D eigenvalue weighted by molar-refractivity contribution is 0.0248. The van der Waals surface area contributed by atoms with Crippen molar-refractivity contribution in [3.05, 3.63) is 69.7 Å². The number of aromatic nitrogens is 1. The van der Waals surface area contributed by atoms with E-state index in [1.54, 1.807) is 22.7 Å². The lowest BCUT2D eigenvalue weighted by Crippen LogP contribution is -2.65. The van der Waals surface area contributed by atoms with E-state index in [4.69, 9.17) is 9.73 Å². The van der Waals surface area contributed by atoms with E-state index in [2.05, 4.69) is 0 Å². The summed E-state index contributed by atoms with van der Waals surface area (Å²) in [7, 11) is 0. The molecule has 1 amide bonds. The molecule has 0 saturated heterocycles. The first-order chi connectivity index (χ1) is 18.2. The van der Waals surface area contributed by atoms with Gasteiger partial charge in [-0.25, -0.2) is 4.39 Å². The molecule has 4 aliphatic rings. The lowest BCUT2D eigenvalue weighted by atomic mass is 9.74. The Balaban J connectivity index is 1.60. The Morgan fingerprint density at radius 3 is 2.68 bits per heavy atom. The first kappa shape index (κ1) is 25.0. The molecule has 2 atom stereocenters. The standard InChI is InChI=1S/C27H28F2N4O4S/c1-15(2)25-30-13-19(38-25)21-16-5-6-17(28)20(29)24(16)37-12-4-10-27(8-3-9-27)31-14-33(21)32-11-7-18(34)23(35)22(32)26(31)36/h4-7,10-11,15,19,21,35H,3,8-9,12-14H2,1-2H3/b10-4+. The molecule has 11 heteroatoms. The van der Waals surface area contributed by atoms with Crippen molar-refractivity contribution in [2.75, 3.05) is 24.8 Å². The maximum Gasteiger partial charge on any atom is 0.278 e. The second-order valence-corrected chi connectivity index (χ2v) is 11.7. The van der Waals surface area contributed by atoms with Crippen molar-refractivity contribution < 1.29 is 23.4 Å². The van der Waals surface area contributed by atoms with Crippen molar-refractivity contribution in [3.8, 4) is 11.5 Å². The summed E-state index contributed by atoms with van der Waals surface area (Å²) in [6, 6.07) is 3.14. The number of thioether (sulfide) groups is 1. The Kier molecular flexibility index (Phi) is 6.01. The smallest absolute Gasteiger partial charge is 0.278 e.